The molecule has 1 aromatic heterocycles. The molecule has 1 N–H and O–H groups in total. The number of rotatable bonds is 1. The third-order valence-electron chi connectivity index (χ3n) is 3.58. The van der Waals surface area contributed by atoms with Gasteiger partial charge in [-0.2, -0.15) is 0 Å². The van der Waals surface area contributed by atoms with Gasteiger partial charge in [0.2, 0.25) is 0 Å². The molecule has 1 heterocycles. The van der Waals surface area contributed by atoms with Crippen molar-refractivity contribution in [1.29, 1.82) is 0 Å². The molecule has 0 amide bonds. The second kappa shape index (κ2) is 4.36. The van der Waals surface area contributed by atoms with Crippen LogP contribution in [0.3, 0.4) is 0 Å². The minimum absolute atomic E-state index is 0.302. The molecular formula is C18H12OS. The molecular weight excluding hydrogens is 264 g/mol. The SMILES string of the molecule is Oc1ccc(-c2ccc3sc4ccccc4c3c2)cc1. The lowest BCUT2D eigenvalue weighted by Crippen LogP contribution is -1.76. The number of phenols is 1. The van der Waals surface area contributed by atoms with Gasteiger partial charge in [0, 0.05) is 20.2 Å². The van der Waals surface area contributed by atoms with Crippen LogP contribution in [0.5, 0.6) is 5.75 Å². The van der Waals surface area contributed by atoms with E-state index in [2.05, 4.69) is 42.5 Å². The molecule has 0 spiro atoms. The molecule has 0 aliphatic carbocycles. The van der Waals surface area contributed by atoms with E-state index in [1.807, 2.05) is 23.5 Å². The highest BCUT2D eigenvalue weighted by Gasteiger charge is 2.06. The fourth-order valence-electron chi connectivity index (χ4n) is 2.56. The van der Waals surface area contributed by atoms with Gasteiger partial charge in [0.05, 0.1) is 0 Å². The normalized spacial score (nSPS) is 11.2. The fourth-order valence-corrected chi connectivity index (χ4v) is 3.65. The molecule has 0 radical (unpaired) electrons. The van der Waals surface area contributed by atoms with Crippen LogP contribution < -0.4 is 0 Å². The van der Waals surface area contributed by atoms with E-state index in [0.29, 0.717) is 5.75 Å². The Labute approximate surface area is 120 Å². The van der Waals surface area contributed by atoms with Gasteiger partial charge in [-0.25, -0.2) is 0 Å². The number of aromatic hydroxyl groups is 1. The Balaban J connectivity index is 1.97. The van der Waals surface area contributed by atoms with E-state index < -0.39 is 0 Å². The highest BCUT2D eigenvalue weighted by Crippen LogP contribution is 2.36. The summed E-state index contributed by atoms with van der Waals surface area (Å²) in [6, 6.07) is 22.4. The smallest absolute Gasteiger partial charge is 0.115 e. The third kappa shape index (κ3) is 1.77. The predicted octanol–water partition coefficient (Wildman–Crippen LogP) is 5.43. The van der Waals surface area contributed by atoms with Gasteiger partial charge in [-0.1, -0.05) is 36.4 Å². The Hall–Kier alpha value is -2.32. The molecule has 0 unspecified atom stereocenters. The summed E-state index contributed by atoms with van der Waals surface area (Å²) in [6.07, 6.45) is 0. The van der Waals surface area contributed by atoms with Gasteiger partial charge in [-0.3, -0.25) is 0 Å². The van der Waals surface area contributed by atoms with Gasteiger partial charge >= 0.3 is 0 Å². The molecule has 4 rings (SSSR count). The number of hydrogen-bond donors (Lipinski definition) is 1. The minimum atomic E-state index is 0.302. The average Bonchev–Trinajstić information content (AvgIpc) is 2.86. The van der Waals surface area contributed by atoms with Crippen LogP contribution in [0.1, 0.15) is 0 Å². The monoisotopic (exact) mass is 276 g/mol. The first kappa shape index (κ1) is 11.5. The molecule has 0 saturated carbocycles. The van der Waals surface area contributed by atoms with Gasteiger partial charge in [0.25, 0.3) is 0 Å². The van der Waals surface area contributed by atoms with Crippen molar-refractivity contribution in [2.45, 2.75) is 0 Å². The van der Waals surface area contributed by atoms with Crippen molar-refractivity contribution in [3.63, 3.8) is 0 Å². The van der Waals surface area contributed by atoms with Gasteiger partial charge in [-0.15, -0.1) is 11.3 Å². The van der Waals surface area contributed by atoms with E-state index in [1.54, 1.807) is 12.1 Å². The Morgan fingerprint density at radius 3 is 2.20 bits per heavy atom. The van der Waals surface area contributed by atoms with E-state index in [9.17, 15) is 5.11 Å². The number of hydrogen-bond acceptors (Lipinski definition) is 2. The predicted molar refractivity (Wildman–Crippen MR) is 86.4 cm³/mol. The number of thiophene rings is 1. The van der Waals surface area contributed by atoms with E-state index in [0.717, 1.165) is 5.56 Å². The number of phenolic OH excluding ortho intramolecular Hbond substituents is 1. The Kier molecular flexibility index (Phi) is 2.51. The van der Waals surface area contributed by atoms with Crippen LogP contribution >= 0.6 is 11.3 Å². The first-order valence-electron chi connectivity index (χ1n) is 6.52. The van der Waals surface area contributed by atoms with Crippen molar-refractivity contribution in [3.8, 4) is 16.9 Å². The van der Waals surface area contributed by atoms with E-state index >= 15 is 0 Å². The van der Waals surface area contributed by atoms with Crippen LogP contribution in [0.15, 0.2) is 66.7 Å². The second-order valence-corrected chi connectivity index (χ2v) is 5.94. The molecule has 1 nitrogen and oxygen atoms in total. The molecule has 0 aliphatic rings. The van der Waals surface area contributed by atoms with Crippen molar-refractivity contribution < 1.29 is 5.11 Å². The molecule has 2 heteroatoms. The summed E-state index contributed by atoms with van der Waals surface area (Å²) < 4.78 is 2.64. The van der Waals surface area contributed by atoms with Crippen molar-refractivity contribution in [2.24, 2.45) is 0 Å². The maximum Gasteiger partial charge on any atom is 0.115 e. The minimum Gasteiger partial charge on any atom is -0.508 e. The van der Waals surface area contributed by atoms with E-state index in [-0.39, 0.29) is 0 Å². The topological polar surface area (TPSA) is 20.2 Å². The Morgan fingerprint density at radius 1 is 0.650 bits per heavy atom. The lowest BCUT2D eigenvalue weighted by molar-refractivity contribution is 0.475. The molecule has 0 saturated heterocycles. The summed E-state index contributed by atoms with van der Waals surface area (Å²) in [5, 5.41) is 12.0. The summed E-state index contributed by atoms with van der Waals surface area (Å²) in [5.74, 6) is 0.302. The molecule has 0 bridgehead atoms. The molecule has 20 heavy (non-hydrogen) atoms. The lowest BCUT2D eigenvalue weighted by atomic mass is 10.0. The molecule has 96 valence electrons. The van der Waals surface area contributed by atoms with Crippen LogP contribution in [-0.2, 0) is 0 Å². The van der Waals surface area contributed by atoms with Crippen LogP contribution in [0.4, 0.5) is 0 Å². The van der Waals surface area contributed by atoms with Crippen LogP contribution in [0, 0.1) is 0 Å². The zero-order valence-electron chi connectivity index (χ0n) is 10.7. The maximum atomic E-state index is 9.39. The van der Waals surface area contributed by atoms with Gasteiger partial charge in [-0.05, 0) is 41.5 Å². The van der Waals surface area contributed by atoms with Crippen molar-refractivity contribution in [3.05, 3.63) is 66.7 Å². The van der Waals surface area contributed by atoms with Crippen LogP contribution in [0.2, 0.25) is 0 Å². The Bertz CT molecular complexity index is 904. The first-order valence-corrected chi connectivity index (χ1v) is 7.34. The third-order valence-corrected chi connectivity index (χ3v) is 4.73. The van der Waals surface area contributed by atoms with E-state index in [4.69, 9.17) is 0 Å². The molecule has 3 aromatic carbocycles. The molecule has 0 fully saturated rings. The van der Waals surface area contributed by atoms with Crippen molar-refractivity contribution >= 4 is 31.5 Å². The Morgan fingerprint density at radius 2 is 1.35 bits per heavy atom. The maximum absolute atomic E-state index is 9.39. The standard InChI is InChI=1S/C18H12OS/c19-14-8-5-12(6-9-14)13-7-10-18-16(11-13)15-3-1-2-4-17(15)20-18/h1-11,19H. The number of fused-ring (bicyclic) bond motifs is 3. The summed E-state index contributed by atoms with van der Waals surface area (Å²) in [4.78, 5) is 0. The van der Waals surface area contributed by atoms with Crippen molar-refractivity contribution in [1.82, 2.24) is 0 Å². The highest BCUT2D eigenvalue weighted by atomic mass is 32.1. The summed E-state index contributed by atoms with van der Waals surface area (Å²) >= 11 is 1.83. The average molecular weight is 276 g/mol. The van der Waals surface area contributed by atoms with Gasteiger partial charge in [0.1, 0.15) is 5.75 Å². The largest absolute Gasteiger partial charge is 0.508 e. The highest BCUT2D eigenvalue weighted by molar-refractivity contribution is 7.25. The van der Waals surface area contributed by atoms with Crippen molar-refractivity contribution in [2.75, 3.05) is 0 Å². The summed E-state index contributed by atoms with van der Waals surface area (Å²) in [7, 11) is 0. The summed E-state index contributed by atoms with van der Waals surface area (Å²) in [5.41, 5.74) is 2.31. The fraction of sp³-hybridized carbons (Fsp3) is 0. The molecule has 4 aromatic rings. The van der Waals surface area contributed by atoms with Crippen LogP contribution in [0.25, 0.3) is 31.3 Å². The second-order valence-electron chi connectivity index (χ2n) is 4.86. The zero-order valence-corrected chi connectivity index (χ0v) is 11.5. The number of benzene rings is 3. The van der Waals surface area contributed by atoms with E-state index in [1.165, 1.54) is 25.7 Å². The van der Waals surface area contributed by atoms with Gasteiger partial charge in [0.15, 0.2) is 0 Å². The quantitative estimate of drug-likeness (QED) is 0.491. The zero-order chi connectivity index (χ0) is 13.5. The molecule has 0 aliphatic heterocycles. The lowest BCUT2D eigenvalue weighted by Gasteiger charge is -2.02. The summed E-state index contributed by atoms with van der Waals surface area (Å²) in [6.45, 7) is 0. The first-order chi connectivity index (χ1) is 9.81. The van der Waals surface area contributed by atoms with Gasteiger partial charge < -0.3 is 5.11 Å². The molecule has 0 atom stereocenters. The van der Waals surface area contributed by atoms with Crippen LogP contribution in [-0.4, -0.2) is 5.11 Å².